The van der Waals surface area contributed by atoms with E-state index >= 15 is 0 Å². The predicted molar refractivity (Wildman–Crippen MR) is 62.6 cm³/mol. The van der Waals surface area contributed by atoms with Gasteiger partial charge in [0.15, 0.2) is 0 Å². The van der Waals surface area contributed by atoms with E-state index in [0.29, 0.717) is 12.0 Å². The summed E-state index contributed by atoms with van der Waals surface area (Å²) in [6.07, 6.45) is -0.105. The molecule has 17 heavy (non-hydrogen) atoms. The third kappa shape index (κ3) is 4.68. The van der Waals surface area contributed by atoms with Gasteiger partial charge in [-0.05, 0) is 19.1 Å². The van der Waals surface area contributed by atoms with Gasteiger partial charge in [-0.15, -0.1) is 0 Å². The fourth-order valence-corrected chi connectivity index (χ4v) is 1.19. The van der Waals surface area contributed by atoms with Gasteiger partial charge in [0, 0.05) is 6.42 Å². The maximum Gasteiger partial charge on any atom is 0.338 e. The molecule has 4 nitrogen and oxygen atoms in total. The van der Waals surface area contributed by atoms with Crippen LogP contribution in [0.4, 0.5) is 0 Å². The topological polar surface area (TPSA) is 52.6 Å². The quantitative estimate of drug-likeness (QED) is 0.735. The van der Waals surface area contributed by atoms with E-state index in [0.717, 1.165) is 0 Å². The summed E-state index contributed by atoms with van der Waals surface area (Å²) >= 11 is 0. The number of rotatable bonds is 5. The van der Waals surface area contributed by atoms with E-state index < -0.39 is 12.1 Å². The SMILES string of the molecule is CCC(=O)OC(C)COC(=O)c1ccccc1. The normalized spacial score (nSPS) is 11.6. The van der Waals surface area contributed by atoms with Crippen molar-refractivity contribution in [3.8, 4) is 0 Å². The van der Waals surface area contributed by atoms with E-state index in [4.69, 9.17) is 9.47 Å². The molecule has 1 atom stereocenters. The molecule has 0 N–H and O–H groups in total. The fourth-order valence-electron chi connectivity index (χ4n) is 1.19. The largest absolute Gasteiger partial charge is 0.459 e. The van der Waals surface area contributed by atoms with E-state index in [1.165, 1.54) is 0 Å². The Balaban J connectivity index is 2.36. The zero-order chi connectivity index (χ0) is 12.7. The van der Waals surface area contributed by atoms with Gasteiger partial charge in [0.05, 0.1) is 5.56 Å². The van der Waals surface area contributed by atoms with Crippen molar-refractivity contribution in [2.75, 3.05) is 6.61 Å². The summed E-state index contributed by atoms with van der Waals surface area (Å²) in [4.78, 5) is 22.5. The van der Waals surface area contributed by atoms with Crippen LogP contribution in [0, 0.1) is 0 Å². The van der Waals surface area contributed by atoms with Gasteiger partial charge in [-0.3, -0.25) is 4.79 Å². The summed E-state index contributed by atoms with van der Waals surface area (Å²) < 4.78 is 9.99. The van der Waals surface area contributed by atoms with Gasteiger partial charge in [0.2, 0.25) is 0 Å². The van der Waals surface area contributed by atoms with Gasteiger partial charge in [-0.25, -0.2) is 4.79 Å². The summed E-state index contributed by atoms with van der Waals surface area (Å²) in [6, 6.07) is 8.69. The lowest BCUT2D eigenvalue weighted by atomic mass is 10.2. The molecule has 0 heterocycles. The summed E-state index contributed by atoms with van der Waals surface area (Å²) in [7, 11) is 0. The average Bonchev–Trinajstić information content (AvgIpc) is 2.36. The lowest BCUT2D eigenvalue weighted by Crippen LogP contribution is -2.22. The number of carbonyl (C=O) groups excluding carboxylic acids is 2. The zero-order valence-electron chi connectivity index (χ0n) is 10.0. The Morgan fingerprint density at radius 1 is 1.24 bits per heavy atom. The number of hydrogen-bond donors (Lipinski definition) is 0. The molecular formula is C13H16O4. The Hall–Kier alpha value is -1.84. The van der Waals surface area contributed by atoms with Gasteiger partial charge in [0.25, 0.3) is 0 Å². The van der Waals surface area contributed by atoms with Crippen LogP contribution >= 0.6 is 0 Å². The first-order valence-electron chi connectivity index (χ1n) is 5.55. The van der Waals surface area contributed by atoms with E-state index in [9.17, 15) is 9.59 Å². The van der Waals surface area contributed by atoms with Crippen LogP contribution in [0.1, 0.15) is 30.6 Å². The molecule has 1 aromatic carbocycles. The first-order chi connectivity index (χ1) is 8.13. The molecule has 0 amide bonds. The van der Waals surface area contributed by atoms with Gasteiger partial charge >= 0.3 is 11.9 Å². The maximum atomic E-state index is 11.5. The maximum absolute atomic E-state index is 11.5. The molecule has 0 radical (unpaired) electrons. The lowest BCUT2D eigenvalue weighted by Gasteiger charge is -2.12. The fraction of sp³-hybridized carbons (Fsp3) is 0.385. The van der Waals surface area contributed by atoms with Crippen LogP contribution in [0.5, 0.6) is 0 Å². The number of benzene rings is 1. The van der Waals surface area contributed by atoms with Gasteiger partial charge < -0.3 is 9.47 Å². The minimum atomic E-state index is -0.421. The molecule has 0 bridgehead atoms. The highest BCUT2D eigenvalue weighted by molar-refractivity contribution is 5.89. The van der Waals surface area contributed by atoms with Crippen molar-refractivity contribution in [1.29, 1.82) is 0 Å². The predicted octanol–water partition coefficient (Wildman–Crippen LogP) is 2.19. The molecule has 1 aromatic rings. The van der Waals surface area contributed by atoms with Crippen LogP contribution in [0.3, 0.4) is 0 Å². The van der Waals surface area contributed by atoms with E-state index in [1.54, 1.807) is 38.1 Å². The molecule has 0 aliphatic heterocycles. The molecule has 0 saturated carbocycles. The van der Waals surface area contributed by atoms with Crippen molar-refractivity contribution < 1.29 is 19.1 Å². The molecule has 1 unspecified atom stereocenters. The molecule has 0 aliphatic carbocycles. The van der Waals surface area contributed by atoms with Crippen molar-refractivity contribution in [3.63, 3.8) is 0 Å². The molecule has 0 aliphatic rings. The number of esters is 2. The van der Waals surface area contributed by atoms with Gasteiger partial charge in [-0.1, -0.05) is 25.1 Å². The smallest absolute Gasteiger partial charge is 0.338 e. The van der Waals surface area contributed by atoms with Crippen molar-refractivity contribution in [3.05, 3.63) is 35.9 Å². The first kappa shape index (κ1) is 13.2. The highest BCUT2D eigenvalue weighted by Gasteiger charge is 2.11. The van der Waals surface area contributed by atoms with E-state index in [1.807, 2.05) is 6.07 Å². The summed E-state index contributed by atoms with van der Waals surface area (Å²) in [5.41, 5.74) is 0.488. The molecule has 0 saturated heterocycles. The molecule has 0 fully saturated rings. The molecular weight excluding hydrogens is 220 g/mol. The van der Waals surface area contributed by atoms with Crippen molar-refractivity contribution in [1.82, 2.24) is 0 Å². The van der Waals surface area contributed by atoms with Crippen LogP contribution < -0.4 is 0 Å². The Morgan fingerprint density at radius 3 is 2.47 bits per heavy atom. The van der Waals surface area contributed by atoms with E-state index in [-0.39, 0.29) is 12.6 Å². The van der Waals surface area contributed by atoms with Crippen molar-refractivity contribution in [2.45, 2.75) is 26.4 Å². The van der Waals surface area contributed by atoms with Crippen molar-refractivity contribution >= 4 is 11.9 Å². The van der Waals surface area contributed by atoms with Crippen LogP contribution in [0.2, 0.25) is 0 Å². The van der Waals surface area contributed by atoms with Gasteiger partial charge in [-0.2, -0.15) is 0 Å². The van der Waals surface area contributed by atoms with Crippen LogP contribution in [-0.2, 0) is 14.3 Å². The summed E-state index contributed by atoms with van der Waals surface area (Å²) in [5.74, 6) is -0.710. The Labute approximate surface area is 101 Å². The standard InChI is InChI=1S/C13H16O4/c1-3-12(14)17-10(2)9-16-13(15)11-7-5-4-6-8-11/h4-8,10H,3,9H2,1-2H3. The highest BCUT2D eigenvalue weighted by Crippen LogP contribution is 2.03. The molecule has 0 aromatic heterocycles. The second kappa shape index (κ2) is 6.68. The summed E-state index contributed by atoms with van der Waals surface area (Å²) in [6.45, 7) is 3.47. The second-order valence-corrected chi connectivity index (χ2v) is 3.62. The van der Waals surface area contributed by atoms with Crippen molar-refractivity contribution in [2.24, 2.45) is 0 Å². The molecule has 4 heteroatoms. The average molecular weight is 236 g/mol. The summed E-state index contributed by atoms with van der Waals surface area (Å²) in [5, 5.41) is 0. The van der Waals surface area contributed by atoms with Gasteiger partial charge in [0.1, 0.15) is 12.7 Å². The molecule has 0 spiro atoms. The Morgan fingerprint density at radius 2 is 1.88 bits per heavy atom. The number of ether oxygens (including phenoxy) is 2. The molecule has 92 valence electrons. The monoisotopic (exact) mass is 236 g/mol. The molecule has 1 rings (SSSR count). The van der Waals surface area contributed by atoms with E-state index in [2.05, 4.69) is 0 Å². The second-order valence-electron chi connectivity index (χ2n) is 3.62. The number of hydrogen-bond acceptors (Lipinski definition) is 4. The highest BCUT2D eigenvalue weighted by atomic mass is 16.6. The van der Waals surface area contributed by atoms with Crippen LogP contribution in [0.25, 0.3) is 0 Å². The minimum absolute atomic E-state index is 0.0689. The Kier molecular flexibility index (Phi) is 5.20. The third-order valence-corrected chi connectivity index (χ3v) is 2.08. The van der Waals surface area contributed by atoms with Crippen LogP contribution in [0.15, 0.2) is 30.3 Å². The first-order valence-corrected chi connectivity index (χ1v) is 5.55. The number of carbonyl (C=O) groups is 2. The Bertz CT molecular complexity index is 372. The zero-order valence-corrected chi connectivity index (χ0v) is 10.0. The third-order valence-electron chi connectivity index (χ3n) is 2.08. The lowest BCUT2D eigenvalue weighted by molar-refractivity contribution is -0.149. The van der Waals surface area contributed by atoms with Crippen LogP contribution in [-0.4, -0.2) is 24.6 Å². The minimum Gasteiger partial charge on any atom is -0.459 e.